The summed E-state index contributed by atoms with van der Waals surface area (Å²) in [6.45, 7) is 7.82. The lowest BCUT2D eigenvalue weighted by Gasteiger charge is -2.15. The van der Waals surface area contributed by atoms with Crippen LogP contribution in [0.25, 0.3) is 11.5 Å². The van der Waals surface area contributed by atoms with Crippen LogP contribution in [0, 0.1) is 6.92 Å². The molecule has 0 aliphatic heterocycles. The zero-order valence-electron chi connectivity index (χ0n) is 12.8. The number of hydrogen-bond donors (Lipinski definition) is 0. The van der Waals surface area contributed by atoms with Gasteiger partial charge < -0.3 is 9.15 Å². The summed E-state index contributed by atoms with van der Waals surface area (Å²) in [6.07, 6.45) is 0. The van der Waals surface area contributed by atoms with E-state index in [2.05, 4.69) is 4.98 Å². The maximum Gasteiger partial charge on any atom is 0.376 e. The van der Waals surface area contributed by atoms with Crippen molar-refractivity contribution in [3.8, 4) is 11.5 Å². The van der Waals surface area contributed by atoms with Gasteiger partial charge in [-0.2, -0.15) is 0 Å². The monoisotopic (exact) mass is 307 g/mol. The molecule has 112 valence electrons. The van der Waals surface area contributed by atoms with Crippen LogP contribution in [0.3, 0.4) is 0 Å². The number of aromatic nitrogens is 1. The van der Waals surface area contributed by atoms with Crippen molar-refractivity contribution in [1.29, 1.82) is 0 Å². The zero-order valence-corrected chi connectivity index (χ0v) is 13.5. The van der Waals surface area contributed by atoms with Crippen LogP contribution in [-0.4, -0.2) is 18.1 Å². The van der Waals surface area contributed by atoms with E-state index in [1.807, 2.05) is 45.9 Å². The Kier molecular flexibility index (Phi) is 4.10. The number of oxazole rings is 1. The molecular weight excluding hydrogens is 290 g/mol. The van der Waals surface area contributed by atoms with Gasteiger partial charge in [-0.1, -0.05) is 38.4 Å². The highest BCUT2D eigenvalue weighted by Gasteiger charge is 2.30. The number of aryl methyl sites for hydroxylation is 1. The molecule has 1 aromatic heterocycles. The van der Waals surface area contributed by atoms with Gasteiger partial charge in [0.15, 0.2) is 0 Å². The Morgan fingerprint density at radius 2 is 2.00 bits per heavy atom. The van der Waals surface area contributed by atoms with Gasteiger partial charge in [-0.25, -0.2) is 9.78 Å². The van der Waals surface area contributed by atoms with Crippen molar-refractivity contribution in [3.05, 3.63) is 40.2 Å². The first-order valence-corrected chi connectivity index (χ1v) is 6.98. The molecule has 0 saturated carbocycles. The van der Waals surface area contributed by atoms with Gasteiger partial charge in [0.2, 0.25) is 11.7 Å². The Hall–Kier alpha value is -1.81. The number of methoxy groups -OCH3 is 1. The highest BCUT2D eigenvalue weighted by atomic mass is 35.5. The van der Waals surface area contributed by atoms with Gasteiger partial charge in [-0.05, 0) is 24.6 Å². The van der Waals surface area contributed by atoms with Crippen LogP contribution < -0.4 is 0 Å². The van der Waals surface area contributed by atoms with Crippen molar-refractivity contribution in [1.82, 2.24) is 4.98 Å². The summed E-state index contributed by atoms with van der Waals surface area (Å²) in [5, 5.41) is 0.535. The molecule has 0 aliphatic rings. The van der Waals surface area contributed by atoms with Crippen LogP contribution in [0.5, 0.6) is 0 Å². The van der Waals surface area contributed by atoms with Crippen molar-refractivity contribution in [2.24, 2.45) is 0 Å². The van der Waals surface area contributed by atoms with Gasteiger partial charge in [0.05, 0.1) is 17.7 Å². The first-order chi connectivity index (χ1) is 9.74. The van der Waals surface area contributed by atoms with Crippen molar-refractivity contribution >= 4 is 17.6 Å². The van der Waals surface area contributed by atoms with Crippen LogP contribution in [0.15, 0.2) is 22.6 Å². The Bertz CT molecular complexity index is 683. The summed E-state index contributed by atoms with van der Waals surface area (Å²) < 4.78 is 10.4. The lowest BCUT2D eigenvalue weighted by Crippen LogP contribution is -2.17. The van der Waals surface area contributed by atoms with E-state index in [1.165, 1.54) is 7.11 Å². The minimum Gasteiger partial charge on any atom is -0.463 e. The average Bonchev–Trinajstić information content (AvgIpc) is 2.82. The summed E-state index contributed by atoms with van der Waals surface area (Å²) >= 11 is 6.24. The minimum atomic E-state index is -0.540. The summed E-state index contributed by atoms with van der Waals surface area (Å²) in [5.41, 5.74) is 1.91. The molecule has 2 rings (SSSR count). The van der Waals surface area contributed by atoms with Gasteiger partial charge in [0.25, 0.3) is 0 Å². The van der Waals surface area contributed by atoms with Crippen molar-refractivity contribution < 1.29 is 13.9 Å². The van der Waals surface area contributed by atoms with Crippen LogP contribution in [-0.2, 0) is 10.2 Å². The fourth-order valence-electron chi connectivity index (χ4n) is 1.97. The number of carbonyl (C=O) groups is 1. The molecule has 0 unspecified atom stereocenters. The van der Waals surface area contributed by atoms with E-state index < -0.39 is 5.97 Å². The second-order valence-electron chi connectivity index (χ2n) is 5.92. The molecule has 4 nitrogen and oxygen atoms in total. The topological polar surface area (TPSA) is 52.3 Å². The summed E-state index contributed by atoms with van der Waals surface area (Å²) in [7, 11) is 1.32. The molecule has 0 atom stereocenters. The third-order valence-corrected chi connectivity index (χ3v) is 3.38. The maximum absolute atomic E-state index is 11.9. The third-order valence-electron chi connectivity index (χ3n) is 3.06. The molecule has 1 heterocycles. The average molecular weight is 308 g/mol. The fraction of sp³-hybridized carbons (Fsp3) is 0.375. The number of hydrogen-bond acceptors (Lipinski definition) is 4. The predicted molar refractivity (Wildman–Crippen MR) is 81.7 cm³/mol. The second-order valence-corrected chi connectivity index (χ2v) is 6.33. The highest BCUT2D eigenvalue weighted by molar-refractivity contribution is 6.33. The van der Waals surface area contributed by atoms with Crippen molar-refractivity contribution in [2.45, 2.75) is 33.1 Å². The quantitative estimate of drug-likeness (QED) is 0.772. The third kappa shape index (κ3) is 3.10. The molecule has 0 amide bonds. The van der Waals surface area contributed by atoms with Crippen molar-refractivity contribution in [3.63, 3.8) is 0 Å². The van der Waals surface area contributed by atoms with Gasteiger partial charge >= 0.3 is 5.97 Å². The first-order valence-electron chi connectivity index (χ1n) is 6.60. The van der Waals surface area contributed by atoms with Crippen LogP contribution >= 0.6 is 11.6 Å². The van der Waals surface area contributed by atoms with Crippen molar-refractivity contribution in [2.75, 3.05) is 7.11 Å². The molecule has 0 saturated heterocycles. The Labute approximate surface area is 129 Å². The number of esters is 1. The molecule has 0 spiro atoms. The molecule has 1 aromatic carbocycles. The molecule has 0 N–H and O–H groups in total. The maximum atomic E-state index is 11.9. The lowest BCUT2D eigenvalue weighted by molar-refractivity contribution is 0.0562. The Morgan fingerprint density at radius 1 is 1.33 bits per heavy atom. The lowest BCUT2D eigenvalue weighted by atomic mass is 9.91. The molecule has 0 fully saturated rings. The summed E-state index contributed by atoms with van der Waals surface area (Å²) in [4.78, 5) is 16.3. The molecule has 0 radical (unpaired) electrons. The molecule has 21 heavy (non-hydrogen) atoms. The van der Waals surface area contributed by atoms with Crippen LogP contribution in [0.2, 0.25) is 5.02 Å². The van der Waals surface area contributed by atoms with Gasteiger partial charge in [0.1, 0.15) is 5.69 Å². The predicted octanol–water partition coefficient (Wildman–Crippen LogP) is 4.39. The van der Waals surface area contributed by atoms with E-state index in [-0.39, 0.29) is 11.2 Å². The van der Waals surface area contributed by atoms with E-state index in [1.54, 1.807) is 0 Å². The van der Waals surface area contributed by atoms with E-state index in [9.17, 15) is 4.79 Å². The zero-order chi connectivity index (χ0) is 15.8. The molecular formula is C16H18ClNO3. The normalized spacial score (nSPS) is 11.5. The number of rotatable bonds is 2. The standard InChI is InChI=1S/C16H18ClNO3/c1-9-6-7-10(11(17)8-9)14-18-13(16(2,3)4)12(21-14)15(19)20-5/h6-8H,1-5H3. The highest BCUT2D eigenvalue weighted by Crippen LogP contribution is 2.33. The van der Waals surface area contributed by atoms with E-state index in [4.69, 9.17) is 20.8 Å². The molecule has 2 aromatic rings. The van der Waals surface area contributed by atoms with Crippen LogP contribution in [0.1, 0.15) is 42.6 Å². The minimum absolute atomic E-state index is 0.122. The number of benzene rings is 1. The SMILES string of the molecule is COC(=O)c1oc(-c2ccc(C)cc2Cl)nc1C(C)(C)C. The van der Waals surface area contributed by atoms with E-state index in [0.29, 0.717) is 22.2 Å². The fourth-order valence-corrected chi connectivity index (χ4v) is 2.28. The molecule has 0 bridgehead atoms. The smallest absolute Gasteiger partial charge is 0.376 e. The largest absolute Gasteiger partial charge is 0.463 e. The van der Waals surface area contributed by atoms with E-state index >= 15 is 0 Å². The number of carbonyl (C=O) groups excluding carboxylic acids is 1. The van der Waals surface area contributed by atoms with Gasteiger partial charge in [0, 0.05) is 5.41 Å². The van der Waals surface area contributed by atoms with Gasteiger partial charge in [-0.3, -0.25) is 0 Å². The van der Waals surface area contributed by atoms with E-state index in [0.717, 1.165) is 5.56 Å². The van der Waals surface area contributed by atoms with Gasteiger partial charge in [-0.15, -0.1) is 0 Å². The molecule has 0 aliphatic carbocycles. The molecule has 5 heteroatoms. The van der Waals surface area contributed by atoms with Crippen LogP contribution in [0.4, 0.5) is 0 Å². The Morgan fingerprint density at radius 3 is 2.52 bits per heavy atom. The summed E-state index contributed by atoms with van der Waals surface area (Å²) in [5.74, 6) is -0.0936. The number of halogens is 1. The Balaban J connectivity index is 2.61. The number of nitrogens with zero attached hydrogens (tertiary/aromatic N) is 1. The number of ether oxygens (including phenoxy) is 1. The second kappa shape index (κ2) is 5.53. The first kappa shape index (κ1) is 15.6. The summed E-state index contributed by atoms with van der Waals surface area (Å²) in [6, 6.07) is 5.58.